The van der Waals surface area contributed by atoms with Crippen LogP contribution in [0.25, 0.3) is 0 Å². The fourth-order valence-electron chi connectivity index (χ4n) is 2.47. The molecule has 2 heteroatoms. The van der Waals surface area contributed by atoms with E-state index in [1.54, 1.807) is 0 Å². The lowest BCUT2D eigenvalue weighted by Crippen LogP contribution is -2.11. The zero-order valence-electron chi connectivity index (χ0n) is 13.0. The molecule has 0 unspecified atom stereocenters. The molecule has 0 bridgehead atoms. The Hall–Kier alpha value is -2.61. The maximum absolute atomic E-state index is 4.52. The summed E-state index contributed by atoms with van der Waals surface area (Å²) in [7, 11) is 0. The van der Waals surface area contributed by atoms with Crippen LogP contribution in [-0.4, -0.2) is 4.98 Å². The van der Waals surface area contributed by atoms with E-state index < -0.39 is 0 Å². The van der Waals surface area contributed by atoms with Crippen molar-refractivity contribution in [1.29, 1.82) is 0 Å². The normalized spacial score (nSPS) is 10.5. The van der Waals surface area contributed by atoms with Crippen LogP contribution in [0.3, 0.4) is 0 Å². The number of hydrogen-bond acceptors (Lipinski definition) is 2. The van der Waals surface area contributed by atoms with Crippen LogP contribution in [0.15, 0.2) is 72.9 Å². The van der Waals surface area contributed by atoms with E-state index in [-0.39, 0.29) is 0 Å². The summed E-state index contributed by atoms with van der Waals surface area (Å²) in [6, 6.07) is 23.2. The number of nitrogens with zero attached hydrogens (tertiary/aromatic N) is 2. The van der Waals surface area contributed by atoms with Crippen molar-refractivity contribution in [2.45, 2.75) is 20.3 Å². The number of hydrogen-bond donors (Lipinski definition) is 0. The molecule has 1 heterocycles. The highest BCUT2D eigenvalue weighted by molar-refractivity contribution is 5.74. The van der Waals surface area contributed by atoms with E-state index in [0.717, 1.165) is 23.6 Å². The lowest BCUT2D eigenvalue weighted by molar-refractivity contribution is 1.13. The Morgan fingerprint density at radius 1 is 0.818 bits per heavy atom. The van der Waals surface area contributed by atoms with Crippen molar-refractivity contribution >= 4 is 17.2 Å². The fraction of sp³-hybridized carbons (Fsp3) is 0.150. The van der Waals surface area contributed by atoms with Gasteiger partial charge in [0.25, 0.3) is 0 Å². The molecular formula is C20H20N2. The molecule has 0 radical (unpaired) electrons. The molecule has 2 aromatic carbocycles. The zero-order chi connectivity index (χ0) is 15.4. The summed E-state index contributed by atoms with van der Waals surface area (Å²) >= 11 is 0. The first-order valence-corrected chi connectivity index (χ1v) is 7.64. The van der Waals surface area contributed by atoms with Gasteiger partial charge in [0.2, 0.25) is 0 Å². The summed E-state index contributed by atoms with van der Waals surface area (Å²) in [5.74, 6) is 0.926. The van der Waals surface area contributed by atoms with Crippen LogP contribution in [0, 0.1) is 6.92 Å². The van der Waals surface area contributed by atoms with Crippen molar-refractivity contribution in [2.75, 3.05) is 4.90 Å². The monoisotopic (exact) mass is 288 g/mol. The standard InChI is InChI=1S/C20H20N2/c1-3-17-9-13-19(14-10-17)22(20-6-4-5-15-21-20)18-11-7-16(2)8-12-18/h4-15H,3H2,1-2H3. The van der Waals surface area contributed by atoms with E-state index in [0.29, 0.717) is 0 Å². The molecule has 0 saturated heterocycles. The van der Waals surface area contributed by atoms with Crippen LogP contribution in [0.5, 0.6) is 0 Å². The number of aryl methyl sites for hydroxylation is 2. The molecule has 0 aliphatic heterocycles. The summed E-state index contributed by atoms with van der Waals surface area (Å²) < 4.78 is 0. The molecule has 0 aliphatic rings. The zero-order valence-corrected chi connectivity index (χ0v) is 13.0. The van der Waals surface area contributed by atoms with Crippen molar-refractivity contribution in [2.24, 2.45) is 0 Å². The van der Waals surface area contributed by atoms with Gasteiger partial charge in [0.05, 0.1) is 0 Å². The molecule has 0 amide bonds. The van der Waals surface area contributed by atoms with Gasteiger partial charge in [0.15, 0.2) is 0 Å². The Morgan fingerprint density at radius 2 is 1.45 bits per heavy atom. The topological polar surface area (TPSA) is 16.1 Å². The number of aromatic nitrogens is 1. The van der Waals surface area contributed by atoms with Gasteiger partial charge in [0.1, 0.15) is 5.82 Å². The van der Waals surface area contributed by atoms with Gasteiger partial charge in [-0.15, -0.1) is 0 Å². The molecule has 0 N–H and O–H groups in total. The van der Waals surface area contributed by atoms with Gasteiger partial charge < -0.3 is 0 Å². The van der Waals surface area contributed by atoms with Crippen LogP contribution in [0.1, 0.15) is 18.1 Å². The van der Waals surface area contributed by atoms with Crippen molar-refractivity contribution in [3.63, 3.8) is 0 Å². The van der Waals surface area contributed by atoms with E-state index in [4.69, 9.17) is 0 Å². The summed E-state index contributed by atoms with van der Waals surface area (Å²) in [6.45, 7) is 4.27. The molecule has 0 atom stereocenters. The van der Waals surface area contributed by atoms with Gasteiger partial charge in [-0.25, -0.2) is 4.98 Å². The predicted molar refractivity (Wildman–Crippen MR) is 93.0 cm³/mol. The molecule has 1 aromatic heterocycles. The molecule has 0 fully saturated rings. The minimum Gasteiger partial charge on any atom is -0.295 e. The minimum atomic E-state index is 0.926. The molecule has 3 aromatic rings. The highest BCUT2D eigenvalue weighted by Crippen LogP contribution is 2.33. The Morgan fingerprint density at radius 3 is 2.00 bits per heavy atom. The van der Waals surface area contributed by atoms with Crippen molar-refractivity contribution in [3.05, 3.63) is 84.1 Å². The lowest BCUT2D eigenvalue weighted by atomic mass is 10.1. The van der Waals surface area contributed by atoms with Gasteiger partial charge in [-0.3, -0.25) is 4.90 Å². The van der Waals surface area contributed by atoms with Gasteiger partial charge in [0, 0.05) is 17.6 Å². The molecular weight excluding hydrogens is 268 g/mol. The van der Waals surface area contributed by atoms with E-state index in [9.17, 15) is 0 Å². The smallest absolute Gasteiger partial charge is 0.137 e. The fourth-order valence-corrected chi connectivity index (χ4v) is 2.47. The molecule has 0 aliphatic carbocycles. The van der Waals surface area contributed by atoms with Gasteiger partial charge in [-0.2, -0.15) is 0 Å². The van der Waals surface area contributed by atoms with Gasteiger partial charge >= 0.3 is 0 Å². The van der Waals surface area contributed by atoms with Crippen LogP contribution in [0.2, 0.25) is 0 Å². The Labute approximate surface area is 132 Å². The lowest BCUT2D eigenvalue weighted by Gasteiger charge is -2.24. The number of anilines is 3. The SMILES string of the molecule is CCc1ccc(N(c2ccc(C)cc2)c2ccccn2)cc1. The second kappa shape index (κ2) is 6.44. The molecule has 0 saturated carbocycles. The second-order valence-corrected chi connectivity index (χ2v) is 5.38. The van der Waals surface area contributed by atoms with Crippen molar-refractivity contribution < 1.29 is 0 Å². The molecule has 0 spiro atoms. The number of pyridine rings is 1. The molecule has 3 rings (SSSR count). The maximum atomic E-state index is 4.52. The Balaban J connectivity index is 2.07. The Bertz CT molecular complexity index is 716. The number of rotatable bonds is 4. The molecule has 2 nitrogen and oxygen atoms in total. The average molecular weight is 288 g/mol. The number of benzene rings is 2. The van der Waals surface area contributed by atoms with E-state index in [2.05, 4.69) is 72.3 Å². The first kappa shape index (κ1) is 14.3. The van der Waals surface area contributed by atoms with Crippen molar-refractivity contribution in [3.8, 4) is 0 Å². The van der Waals surface area contributed by atoms with Crippen LogP contribution >= 0.6 is 0 Å². The molecule has 110 valence electrons. The van der Waals surface area contributed by atoms with Crippen molar-refractivity contribution in [1.82, 2.24) is 4.98 Å². The van der Waals surface area contributed by atoms with E-state index in [1.807, 2.05) is 24.4 Å². The minimum absolute atomic E-state index is 0.926. The third kappa shape index (κ3) is 3.01. The van der Waals surface area contributed by atoms with Gasteiger partial charge in [-0.1, -0.05) is 42.8 Å². The highest BCUT2D eigenvalue weighted by Gasteiger charge is 2.12. The second-order valence-electron chi connectivity index (χ2n) is 5.38. The quantitative estimate of drug-likeness (QED) is 0.637. The Kier molecular flexibility index (Phi) is 4.19. The first-order chi connectivity index (χ1) is 10.8. The predicted octanol–water partition coefficient (Wildman–Crippen LogP) is 5.42. The van der Waals surface area contributed by atoms with Crippen LogP contribution in [0.4, 0.5) is 17.2 Å². The average Bonchev–Trinajstić information content (AvgIpc) is 2.58. The summed E-state index contributed by atoms with van der Waals surface area (Å²) in [5.41, 5.74) is 4.84. The third-order valence-electron chi connectivity index (χ3n) is 3.77. The third-order valence-corrected chi connectivity index (χ3v) is 3.77. The van der Waals surface area contributed by atoms with E-state index in [1.165, 1.54) is 11.1 Å². The largest absolute Gasteiger partial charge is 0.295 e. The van der Waals surface area contributed by atoms with Crippen LogP contribution < -0.4 is 4.90 Å². The summed E-state index contributed by atoms with van der Waals surface area (Å²) in [4.78, 5) is 6.70. The van der Waals surface area contributed by atoms with Crippen LogP contribution in [-0.2, 0) is 6.42 Å². The van der Waals surface area contributed by atoms with E-state index >= 15 is 0 Å². The highest BCUT2D eigenvalue weighted by atomic mass is 15.2. The summed E-state index contributed by atoms with van der Waals surface area (Å²) in [5, 5.41) is 0. The first-order valence-electron chi connectivity index (χ1n) is 7.64. The molecule has 22 heavy (non-hydrogen) atoms. The maximum Gasteiger partial charge on any atom is 0.137 e. The van der Waals surface area contributed by atoms with Gasteiger partial charge in [-0.05, 0) is 55.3 Å². The summed E-state index contributed by atoms with van der Waals surface area (Å²) in [6.07, 6.45) is 2.88.